The second kappa shape index (κ2) is 4.23. The van der Waals surface area contributed by atoms with E-state index in [1.165, 1.54) is 0 Å². The number of hydrogen-bond donors (Lipinski definition) is 0. The molecular weight excluding hydrogens is 232 g/mol. The second-order valence-electron chi connectivity index (χ2n) is 5.14. The third-order valence-electron chi connectivity index (χ3n) is 4.05. The molecule has 3 rings (SSSR count). The Labute approximate surface area is 105 Å². The molecule has 0 N–H and O–H groups in total. The van der Waals surface area contributed by atoms with Gasteiger partial charge in [0.2, 0.25) is 17.7 Å². The van der Waals surface area contributed by atoms with E-state index < -0.39 is 0 Å². The Hall–Kier alpha value is -1.65. The predicted octanol–water partition coefficient (Wildman–Crippen LogP) is 0.455. The highest BCUT2D eigenvalue weighted by Gasteiger charge is 2.39. The summed E-state index contributed by atoms with van der Waals surface area (Å²) in [5.74, 6) is -0.517. The zero-order valence-corrected chi connectivity index (χ0v) is 10.2. The molecule has 0 aromatic rings. The number of carbonyl (C=O) groups excluding carboxylic acids is 3. The number of amides is 3. The van der Waals surface area contributed by atoms with Gasteiger partial charge in [-0.1, -0.05) is 12.2 Å². The lowest BCUT2D eigenvalue weighted by Crippen LogP contribution is -2.48. The Bertz CT molecular complexity index is 428. The zero-order valence-electron chi connectivity index (χ0n) is 10.2. The maximum Gasteiger partial charge on any atom is 0.243 e. The van der Waals surface area contributed by atoms with Crippen molar-refractivity contribution in [2.24, 2.45) is 0 Å². The third-order valence-corrected chi connectivity index (χ3v) is 4.05. The Morgan fingerprint density at radius 1 is 1.22 bits per heavy atom. The highest BCUT2D eigenvalue weighted by atomic mass is 16.2. The molecule has 3 aliphatic rings. The molecule has 3 amide bonds. The van der Waals surface area contributed by atoms with Crippen molar-refractivity contribution in [2.45, 2.75) is 44.2 Å². The van der Waals surface area contributed by atoms with Crippen LogP contribution in [0.2, 0.25) is 0 Å². The summed E-state index contributed by atoms with van der Waals surface area (Å²) in [5, 5.41) is 0. The molecule has 2 fully saturated rings. The average molecular weight is 248 g/mol. The van der Waals surface area contributed by atoms with Crippen molar-refractivity contribution in [3.05, 3.63) is 12.2 Å². The van der Waals surface area contributed by atoms with Crippen LogP contribution in [0.25, 0.3) is 0 Å². The van der Waals surface area contributed by atoms with Gasteiger partial charge in [0.15, 0.2) is 0 Å². The van der Waals surface area contributed by atoms with Crippen LogP contribution in [0.1, 0.15) is 32.1 Å². The molecule has 5 nitrogen and oxygen atoms in total. The Morgan fingerprint density at radius 2 is 1.94 bits per heavy atom. The minimum Gasteiger partial charge on any atom is -0.331 e. The highest BCUT2D eigenvalue weighted by Crippen LogP contribution is 2.31. The van der Waals surface area contributed by atoms with Crippen molar-refractivity contribution >= 4 is 17.7 Å². The molecule has 0 aromatic carbocycles. The lowest BCUT2D eigenvalue weighted by Gasteiger charge is -2.32. The quantitative estimate of drug-likeness (QED) is 0.527. The molecule has 0 spiro atoms. The zero-order chi connectivity index (χ0) is 12.7. The van der Waals surface area contributed by atoms with Gasteiger partial charge in [-0.15, -0.1) is 0 Å². The average Bonchev–Trinajstić information content (AvgIpc) is 2.79. The standard InChI is InChI=1S/C13H16N2O3/c16-11-6-7-12(17)14(11)8-13(18)15-9-2-1-3-10(15)5-4-9/h1-2,9-10H,3-8H2. The Kier molecular flexibility index (Phi) is 2.69. The molecule has 3 heterocycles. The first-order valence-electron chi connectivity index (χ1n) is 6.48. The SMILES string of the molecule is O=C1CCC(=O)N1CC(=O)N1C2C=CCC1CC2. The number of imide groups is 1. The maximum absolute atomic E-state index is 12.3. The molecule has 2 saturated heterocycles. The van der Waals surface area contributed by atoms with Crippen molar-refractivity contribution in [2.75, 3.05) is 6.54 Å². The summed E-state index contributed by atoms with van der Waals surface area (Å²) in [7, 11) is 0. The fourth-order valence-electron chi connectivity index (χ4n) is 3.13. The van der Waals surface area contributed by atoms with E-state index in [1.807, 2.05) is 4.90 Å². The van der Waals surface area contributed by atoms with Gasteiger partial charge in [0.25, 0.3) is 0 Å². The predicted molar refractivity (Wildman–Crippen MR) is 63.4 cm³/mol. The Balaban J connectivity index is 1.70. The molecule has 5 heteroatoms. The normalized spacial score (nSPS) is 30.4. The highest BCUT2D eigenvalue weighted by molar-refractivity contribution is 6.04. The van der Waals surface area contributed by atoms with E-state index in [1.54, 1.807) is 0 Å². The number of rotatable bonds is 2. The first kappa shape index (κ1) is 11.4. The van der Waals surface area contributed by atoms with E-state index in [0.717, 1.165) is 24.2 Å². The summed E-state index contributed by atoms with van der Waals surface area (Å²) in [6, 6.07) is 0.435. The molecule has 2 atom stereocenters. The van der Waals surface area contributed by atoms with Crippen LogP contribution >= 0.6 is 0 Å². The van der Waals surface area contributed by atoms with Crippen LogP contribution in [-0.4, -0.2) is 46.1 Å². The van der Waals surface area contributed by atoms with E-state index >= 15 is 0 Å². The van der Waals surface area contributed by atoms with Crippen LogP contribution in [0, 0.1) is 0 Å². The van der Waals surface area contributed by atoms with Crippen molar-refractivity contribution in [3.8, 4) is 0 Å². The van der Waals surface area contributed by atoms with Crippen LogP contribution in [-0.2, 0) is 14.4 Å². The number of fused-ring (bicyclic) bond motifs is 2. The largest absolute Gasteiger partial charge is 0.331 e. The summed E-state index contributed by atoms with van der Waals surface area (Å²) in [5.41, 5.74) is 0. The van der Waals surface area contributed by atoms with Crippen LogP contribution in [0.15, 0.2) is 12.2 Å². The number of nitrogens with zero attached hydrogens (tertiary/aromatic N) is 2. The molecule has 0 aromatic heterocycles. The van der Waals surface area contributed by atoms with E-state index in [9.17, 15) is 14.4 Å². The fourth-order valence-corrected chi connectivity index (χ4v) is 3.13. The fraction of sp³-hybridized carbons (Fsp3) is 0.615. The molecular formula is C13H16N2O3. The van der Waals surface area contributed by atoms with Gasteiger partial charge >= 0.3 is 0 Å². The maximum atomic E-state index is 12.3. The van der Waals surface area contributed by atoms with Gasteiger partial charge < -0.3 is 4.90 Å². The lowest BCUT2D eigenvalue weighted by atomic mass is 10.1. The smallest absolute Gasteiger partial charge is 0.243 e. The topological polar surface area (TPSA) is 57.7 Å². The number of hydrogen-bond acceptors (Lipinski definition) is 3. The summed E-state index contributed by atoms with van der Waals surface area (Å²) in [6.07, 6.45) is 7.59. The van der Waals surface area contributed by atoms with Crippen LogP contribution in [0.5, 0.6) is 0 Å². The minimum atomic E-state index is -0.215. The minimum absolute atomic E-state index is 0.0709. The monoisotopic (exact) mass is 248 g/mol. The summed E-state index contributed by atoms with van der Waals surface area (Å²) < 4.78 is 0. The van der Waals surface area contributed by atoms with Gasteiger partial charge in [-0.25, -0.2) is 0 Å². The molecule has 0 radical (unpaired) electrons. The van der Waals surface area contributed by atoms with Crippen molar-refractivity contribution in [1.29, 1.82) is 0 Å². The molecule has 2 bridgehead atoms. The van der Waals surface area contributed by atoms with Gasteiger partial charge in [-0.2, -0.15) is 0 Å². The molecule has 0 aliphatic carbocycles. The van der Waals surface area contributed by atoms with Crippen molar-refractivity contribution in [1.82, 2.24) is 9.80 Å². The van der Waals surface area contributed by atoms with E-state index in [-0.39, 0.29) is 49.2 Å². The molecule has 2 unspecified atom stereocenters. The first-order valence-corrected chi connectivity index (χ1v) is 6.48. The number of likely N-dealkylation sites (tertiary alicyclic amines) is 1. The lowest BCUT2D eigenvalue weighted by molar-refractivity contribution is -0.146. The van der Waals surface area contributed by atoms with E-state index in [0.29, 0.717) is 0 Å². The second-order valence-corrected chi connectivity index (χ2v) is 5.14. The van der Waals surface area contributed by atoms with Crippen molar-refractivity contribution in [3.63, 3.8) is 0 Å². The van der Waals surface area contributed by atoms with Crippen LogP contribution in [0.4, 0.5) is 0 Å². The summed E-state index contributed by atoms with van der Waals surface area (Å²) >= 11 is 0. The number of carbonyl (C=O) groups is 3. The molecule has 3 aliphatic heterocycles. The molecule has 18 heavy (non-hydrogen) atoms. The molecule has 96 valence electrons. The molecule has 0 saturated carbocycles. The van der Waals surface area contributed by atoms with E-state index in [4.69, 9.17) is 0 Å². The summed E-state index contributed by atoms with van der Waals surface area (Å²) in [6.45, 7) is -0.0709. The van der Waals surface area contributed by atoms with Gasteiger partial charge in [-0.3, -0.25) is 19.3 Å². The van der Waals surface area contributed by atoms with Gasteiger partial charge in [0.1, 0.15) is 6.54 Å². The van der Waals surface area contributed by atoms with Gasteiger partial charge in [-0.05, 0) is 19.3 Å². The first-order chi connectivity index (χ1) is 8.66. The van der Waals surface area contributed by atoms with Crippen molar-refractivity contribution < 1.29 is 14.4 Å². The van der Waals surface area contributed by atoms with Crippen LogP contribution < -0.4 is 0 Å². The van der Waals surface area contributed by atoms with Crippen LogP contribution in [0.3, 0.4) is 0 Å². The van der Waals surface area contributed by atoms with Gasteiger partial charge in [0, 0.05) is 18.9 Å². The van der Waals surface area contributed by atoms with Gasteiger partial charge in [0.05, 0.1) is 6.04 Å². The van der Waals surface area contributed by atoms with E-state index in [2.05, 4.69) is 12.2 Å². The Morgan fingerprint density at radius 3 is 2.61 bits per heavy atom. The third kappa shape index (κ3) is 1.74. The summed E-state index contributed by atoms with van der Waals surface area (Å²) in [4.78, 5) is 38.2.